The monoisotopic (exact) mass is 481 g/mol. The molecule has 1 unspecified atom stereocenters. The lowest BCUT2D eigenvalue weighted by atomic mass is 9.99. The van der Waals surface area contributed by atoms with Gasteiger partial charge in [-0.15, -0.1) is 0 Å². The second-order valence-electron chi connectivity index (χ2n) is 11.6. The quantitative estimate of drug-likeness (QED) is 0.101. The van der Waals surface area contributed by atoms with Crippen LogP contribution < -0.4 is 0 Å². The maximum absolute atomic E-state index is 8.77. The van der Waals surface area contributed by atoms with E-state index >= 15 is 0 Å². The van der Waals surface area contributed by atoms with E-state index in [0.29, 0.717) is 6.61 Å². The summed E-state index contributed by atoms with van der Waals surface area (Å²) in [6.45, 7) is 5.10. The zero-order chi connectivity index (χ0) is 24.8. The van der Waals surface area contributed by atoms with Crippen molar-refractivity contribution in [3.63, 3.8) is 0 Å². The summed E-state index contributed by atoms with van der Waals surface area (Å²) >= 11 is 0. The molecule has 0 aliphatic heterocycles. The van der Waals surface area contributed by atoms with Crippen molar-refractivity contribution in [2.24, 2.45) is 5.92 Å². The third kappa shape index (κ3) is 30.0. The Morgan fingerprint density at radius 3 is 0.765 bits per heavy atom. The van der Waals surface area contributed by atoms with Crippen molar-refractivity contribution in [3.8, 4) is 0 Å². The molecule has 0 heterocycles. The normalized spacial score (nSPS) is 12.4. The Kier molecular flexibility index (Phi) is 31.0. The number of rotatable bonds is 30. The van der Waals surface area contributed by atoms with Gasteiger partial charge in [0.05, 0.1) is 0 Å². The van der Waals surface area contributed by atoms with Crippen molar-refractivity contribution in [2.45, 2.75) is 200 Å². The molecule has 0 saturated carbocycles. The SMILES string of the molecule is CCC(C)CCCCCCCCCCCCCCCCCCCCCCCCCCCCCO. The van der Waals surface area contributed by atoms with Gasteiger partial charge in [-0.25, -0.2) is 0 Å². The van der Waals surface area contributed by atoms with Gasteiger partial charge in [0.15, 0.2) is 0 Å². The van der Waals surface area contributed by atoms with Gasteiger partial charge in [-0.05, 0) is 12.3 Å². The van der Waals surface area contributed by atoms with Gasteiger partial charge in [0, 0.05) is 6.61 Å². The van der Waals surface area contributed by atoms with E-state index in [2.05, 4.69) is 13.8 Å². The van der Waals surface area contributed by atoms with E-state index in [9.17, 15) is 0 Å². The lowest BCUT2D eigenvalue weighted by molar-refractivity contribution is 0.282. The third-order valence-electron chi connectivity index (χ3n) is 8.05. The van der Waals surface area contributed by atoms with Crippen molar-refractivity contribution in [1.29, 1.82) is 0 Å². The molecule has 0 saturated heterocycles. The molecule has 0 spiro atoms. The van der Waals surface area contributed by atoms with Crippen molar-refractivity contribution in [3.05, 3.63) is 0 Å². The van der Waals surface area contributed by atoms with Crippen LogP contribution in [0, 0.1) is 5.92 Å². The molecule has 1 atom stereocenters. The first-order valence-corrected chi connectivity index (χ1v) is 16.4. The number of aliphatic hydroxyl groups is 1. The van der Waals surface area contributed by atoms with Crippen LogP contribution in [-0.2, 0) is 0 Å². The predicted octanol–water partition coefficient (Wildman–Crippen LogP) is 11.9. The summed E-state index contributed by atoms with van der Waals surface area (Å²) in [5.41, 5.74) is 0. The van der Waals surface area contributed by atoms with Crippen molar-refractivity contribution < 1.29 is 5.11 Å². The molecule has 0 bridgehead atoms. The molecule has 34 heavy (non-hydrogen) atoms. The Bertz CT molecular complexity index is 339. The van der Waals surface area contributed by atoms with Crippen molar-refractivity contribution >= 4 is 0 Å². The molecule has 1 nitrogen and oxygen atoms in total. The van der Waals surface area contributed by atoms with E-state index in [1.165, 1.54) is 180 Å². The standard InChI is InChI=1S/C33H68O/c1-3-33(2)31-29-27-25-23-21-19-17-15-13-11-9-7-5-4-6-8-10-12-14-16-18-20-22-24-26-28-30-32-34/h33-34H,3-32H2,1-2H3. The van der Waals surface area contributed by atoms with Gasteiger partial charge in [0.1, 0.15) is 0 Å². The van der Waals surface area contributed by atoms with Gasteiger partial charge in [-0.1, -0.05) is 194 Å². The van der Waals surface area contributed by atoms with Gasteiger partial charge in [-0.2, -0.15) is 0 Å². The Labute approximate surface area is 217 Å². The van der Waals surface area contributed by atoms with Gasteiger partial charge < -0.3 is 5.11 Å². The topological polar surface area (TPSA) is 20.2 Å². The van der Waals surface area contributed by atoms with Crippen LogP contribution in [0.5, 0.6) is 0 Å². The fourth-order valence-corrected chi connectivity index (χ4v) is 5.23. The first-order chi connectivity index (χ1) is 16.8. The van der Waals surface area contributed by atoms with E-state index < -0.39 is 0 Å². The van der Waals surface area contributed by atoms with E-state index in [4.69, 9.17) is 5.11 Å². The predicted molar refractivity (Wildman–Crippen MR) is 156 cm³/mol. The maximum atomic E-state index is 8.77. The lowest BCUT2D eigenvalue weighted by Gasteiger charge is -2.07. The molecular weight excluding hydrogens is 412 g/mol. The van der Waals surface area contributed by atoms with Gasteiger partial charge in [0.25, 0.3) is 0 Å². The Balaban J connectivity index is 3.02. The first-order valence-electron chi connectivity index (χ1n) is 16.4. The minimum absolute atomic E-state index is 0.374. The molecule has 0 rings (SSSR count). The van der Waals surface area contributed by atoms with Crippen LogP contribution in [0.2, 0.25) is 0 Å². The number of unbranched alkanes of at least 4 members (excludes halogenated alkanes) is 26. The highest BCUT2D eigenvalue weighted by atomic mass is 16.2. The average molecular weight is 481 g/mol. The molecule has 0 aliphatic rings. The number of hydrogen-bond donors (Lipinski definition) is 1. The molecule has 0 radical (unpaired) electrons. The van der Waals surface area contributed by atoms with E-state index in [1.807, 2.05) is 0 Å². The third-order valence-corrected chi connectivity index (χ3v) is 8.05. The average Bonchev–Trinajstić information content (AvgIpc) is 2.85. The summed E-state index contributed by atoms with van der Waals surface area (Å²) in [5, 5.41) is 8.77. The molecule has 0 amide bonds. The maximum Gasteiger partial charge on any atom is 0.0431 e. The zero-order valence-electron chi connectivity index (χ0n) is 24.2. The van der Waals surface area contributed by atoms with Gasteiger partial charge in [-0.3, -0.25) is 0 Å². The highest BCUT2D eigenvalue weighted by Gasteiger charge is 1.99. The van der Waals surface area contributed by atoms with Crippen molar-refractivity contribution in [1.82, 2.24) is 0 Å². The second kappa shape index (κ2) is 31.0. The fourth-order valence-electron chi connectivity index (χ4n) is 5.23. The largest absolute Gasteiger partial charge is 0.396 e. The summed E-state index contributed by atoms with van der Waals surface area (Å²) < 4.78 is 0. The van der Waals surface area contributed by atoms with Gasteiger partial charge >= 0.3 is 0 Å². The Hall–Kier alpha value is -0.0400. The van der Waals surface area contributed by atoms with Crippen LogP contribution in [0.1, 0.15) is 200 Å². The van der Waals surface area contributed by atoms with E-state index in [0.717, 1.165) is 12.3 Å². The van der Waals surface area contributed by atoms with Crippen LogP contribution in [0.4, 0.5) is 0 Å². The number of hydrogen-bond acceptors (Lipinski definition) is 1. The molecule has 1 heteroatoms. The van der Waals surface area contributed by atoms with Crippen molar-refractivity contribution in [2.75, 3.05) is 6.61 Å². The molecule has 0 fully saturated rings. The molecule has 0 aromatic carbocycles. The minimum Gasteiger partial charge on any atom is -0.396 e. The molecule has 1 N–H and O–H groups in total. The van der Waals surface area contributed by atoms with Crippen LogP contribution >= 0.6 is 0 Å². The van der Waals surface area contributed by atoms with E-state index in [-0.39, 0.29) is 0 Å². The highest BCUT2D eigenvalue weighted by molar-refractivity contribution is 4.53. The molecule has 206 valence electrons. The van der Waals surface area contributed by atoms with Crippen LogP contribution in [-0.4, -0.2) is 11.7 Å². The van der Waals surface area contributed by atoms with Crippen LogP contribution in [0.25, 0.3) is 0 Å². The molecule has 0 aliphatic carbocycles. The summed E-state index contributed by atoms with van der Waals surface area (Å²) in [6, 6.07) is 0. The number of aliphatic hydroxyl groups excluding tert-OH is 1. The fraction of sp³-hybridized carbons (Fsp3) is 1.00. The zero-order valence-corrected chi connectivity index (χ0v) is 24.2. The summed E-state index contributed by atoms with van der Waals surface area (Å²) in [5.74, 6) is 0.944. The summed E-state index contributed by atoms with van der Waals surface area (Å²) in [6.07, 6.45) is 41.5. The Morgan fingerprint density at radius 2 is 0.559 bits per heavy atom. The minimum atomic E-state index is 0.374. The van der Waals surface area contributed by atoms with Crippen LogP contribution in [0.3, 0.4) is 0 Å². The van der Waals surface area contributed by atoms with Gasteiger partial charge in [0.2, 0.25) is 0 Å². The smallest absolute Gasteiger partial charge is 0.0431 e. The first kappa shape index (κ1) is 34.0. The Morgan fingerprint density at radius 1 is 0.353 bits per heavy atom. The summed E-state index contributed by atoms with van der Waals surface area (Å²) in [4.78, 5) is 0. The molecular formula is C33H68O. The van der Waals surface area contributed by atoms with Crippen LogP contribution in [0.15, 0.2) is 0 Å². The second-order valence-corrected chi connectivity index (χ2v) is 11.6. The molecule has 0 aromatic heterocycles. The lowest BCUT2D eigenvalue weighted by Crippen LogP contribution is -1.91. The summed E-state index contributed by atoms with van der Waals surface area (Å²) in [7, 11) is 0. The molecule has 0 aromatic rings. The van der Waals surface area contributed by atoms with E-state index in [1.54, 1.807) is 0 Å². The highest BCUT2D eigenvalue weighted by Crippen LogP contribution is 2.17.